The molecular weight excluding hydrogens is 489 g/mol. The van der Waals surface area contributed by atoms with Gasteiger partial charge in [0.05, 0.1) is 9.92 Å². The van der Waals surface area contributed by atoms with E-state index in [1.165, 1.54) is 37.3 Å². The number of anilines is 3. The van der Waals surface area contributed by atoms with Crippen molar-refractivity contribution < 1.29 is 22.7 Å². The molecule has 172 valence electrons. The average molecular weight is 508 g/mol. The van der Waals surface area contributed by atoms with Crippen LogP contribution in [0, 0.1) is 0 Å². The van der Waals surface area contributed by atoms with Crippen LogP contribution in [0.25, 0.3) is 0 Å². The van der Waals surface area contributed by atoms with Gasteiger partial charge in [-0.15, -0.1) is 0 Å². The van der Waals surface area contributed by atoms with E-state index in [2.05, 4.69) is 15.4 Å². The lowest BCUT2D eigenvalue weighted by Gasteiger charge is -2.12. The summed E-state index contributed by atoms with van der Waals surface area (Å²) < 4.78 is 33.0. The molecule has 3 aromatic carbocycles. The fourth-order valence-corrected chi connectivity index (χ4v) is 4.19. The van der Waals surface area contributed by atoms with Crippen LogP contribution in [0.15, 0.2) is 71.6 Å². The number of halogens is 2. The Kier molecular flexibility index (Phi) is 7.80. The van der Waals surface area contributed by atoms with E-state index in [1.807, 2.05) is 0 Å². The summed E-state index contributed by atoms with van der Waals surface area (Å²) in [7, 11) is -3.89. The Morgan fingerprint density at radius 2 is 1.42 bits per heavy atom. The van der Waals surface area contributed by atoms with Crippen molar-refractivity contribution in [3.8, 4) is 5.75 Å². The Hall–Kier alpha value is -3.27. The topological polar surface area (TPSA) is 114 Å². The molecule has 0 saturated heterocycles. The monoisotopic (exact) mass is 507 g/mol. The zero-order chi connectivity index (χ0) is 24.0. The number of hydrogen-bond acceptors (Lipinski definition) is 5. The molecule has 33 heavy (non-hydrogen) atoms. The first-order chi connectivity index (χ1) is 15.6. The third-order valence-electron chi connectivity index (χ3n) is 4.16. The molecule has 11 heteroatoms. The summed E-state index contributed by atoms with van der Waals surface area (Å²) in [6.07, 6.45) is 0. The summed E-state index contributed by atoms with van der Waals surface area (Å²) in [6.45, 7) is 1.05. The van der Waals surface area contributed by atoms with Crippen LogP contribution in [0.5, 0.6) is 5.75 Å². The van der Waals surface area contributed by atoms with E-state index in [1.54, 1.807) is 36.4 Å². The number of amides is 2. The van der Waals surface area contributed by atoms with Gasteiger partial charge in [-0.25, -0.2) is 8.42 Å². The van der Waals surface area contributed by atoms with Gasteiger partial charge in [0.2, 0.25) is 5.91 Å². The van der Waals surface area contributed by atoms with Crippen molar-refractivity contribution in [2.45, 2.75) is 11.8 Å². The van der Waals surface area contributed by atoms with E-state index < -0.39 is 15.9 Å². The van der Waals surface area contributed by atoms with E-state index in [-0.39, 0.29) is 28.2 Å². The number of benzene rings is 3. The highest BCUT2D eigenvalue weighted by atomic mass is 35.5. The minimum absolute atomic E-state index is 0.0291. The highest BCUT2D eigenvalue weighted by Gasteiger charge is 2.17. The second-order valence-electron chi connectivity index (χ2n) is 6.80. The van der Waals surface area contributed by atoms with Gasteiger partial charge in [-0.3, -0.25) is 14.3 Å². The minimum Gasteiger partial charge on any atom is -0.482 e. The van der Waals surface area contributed by atoms with Crippen LogP contribution in [0.3, 0.4) is 0 Å². The zero-order valence-electron chi connectivity index (χ0n) is 17.3. The standard InChI is InChI=1S/C22H19Cl2N3O5S/c1-14(28)25-16-6-8-17(9-7-16)26-22(29)13-32-21-11-10-19(12-20(21)24)33(30,31)27-18-4-2-15(23)3-5-18/h2-12,27H,13H2,1H3,(H,25,28)(H,26,29). The average Bonchev–Trinajstić information content (AvgIpc) is 2.75. The first kappa shape index (κ1) is 24.4. The molecule has 0 heterocycles. The second-order valence-corrected chi connectivity index (χ2v) is 9.33. The van der Waals surface area contributed by atoms with Gasteiger partial charge >= 0.3 is 0 Å². The molecule has 0 aliphatic carbocycles. The van der Waals surface area contributed by atoms with E-state index >= 15 is 0 Å². The molecular formula is C22H19Cl2N3O5S. The molecule has 0 spiro atoms. The van der Waals surface area contributed by atoms with E-state index in [4.69, 9.17) is 27.9 Å². The summed E-state index contributed by atoms with van der Waals surface area (Å²) in [5.74, 6) is -0.491. The van der Waals surface area contributed by atoms with Gasteiger partial charge in [0, 0.05) is 29.0 Å². The Labute approximate surface area is 200 Å². The SMILES string of the molecule is CC(=O)Nc1ccc(NC(=O)COc2ccc(S(=O)(=O)Nc3ccc(Cl)cc3)cc2Cl)cc1. The first-order valence-electron chi connectivity index (χ1n) is 9.50. The van der Waals surface area contributed by atoms with Gasteiger partial charge in [0.25, 0.3) is 15.9 Å². The lowest BCUT2D eigenvalue weighted by atomic mass is 10.2. The van der Waals surface area contributed by atoms with Crippen molar-refractivity contribution in [2.24, 2.45) is 0 Å². The molecule has 3 aromatic rings. The van der Waals surface area contributed by atoms with Crippen molar-refractivity contribution in [1.29, 1.82) is 0 Å². The Bertz CT molecular complexity index is 1260. The Balaban J connectivity index is 1.59. The maximum Gasteiger partial charge on any atom is 0.262 e. The summed E-state index contributed by atoms with van der Waals surface area (Å²) in [6, 6.07) is 16.7. The molecule has 0 atom stereocenters. The van der Waals surface area contributed by atoms with Crippen molar-refractivity contribution >= 4 is 62.1 Å². The summed E-state index contributed by atoms with van der Waals surface area (Å²) in [5, 5.41) is 5.78. The molecule has 2 amide bonds. The van der Waals surface area contributed by atoms with Crippen LogP contribution >= 0.6 is 23.2 Å². The fraction of sp³-hybridized carbons (Fsp3) is 0.0909. The molecule has 3 N–H and O–H groups in total. The van der Waals surface area contributed by atoms with Gasteiger partial charge in [-0.2, -0.15) is 0 Å². The number of carbonyl (C=O) groups excluding carboxylic acids is 2. The zero-order valence-corrected chi connectivity index (χ0v) is 19.6. The maximum atomic E-state index is 12.6. The number of rotatable bonds is 8. The normalized spacial score (nSPS) is 10.9. The molecule has 0 unspecified atom stereocenters. The lowest BCUT2D eigenvalue weighted by Crippen LogP contribution is -2.20. The van der Waals surface area contributed by atoms with E-state index in [0.717, 1.165) is 0 Å². The molecule has 0 aliphatic heterocycles. The summed E-state index contributed by atoms with van der Waals surface area (Å²) >= 11 is 12.0. The van der Waals surface area contributed by atoms with Gasteiger partial charge in [0.1, 0.15) is 5.75 Å². The molecule has 0 aliphatic rings. The summed E-state index contributed by atoms with van der Waals surface area (Å²) in [4.78, 5) is 23.1. The van der Waals surface area contributed by atoms with E-state index in [0.29, 0.717) is 22.1 Å². The maximum absolute atomic E-state index is 12.6. The third kappa shape index (κ3) is 7.11. The number of sulfonamides is 1. The molecule has 3 rings (SSSR count). The van der Waals surface area contributed by atoms with Crippen LogP contribution < -0.4 is 20.1 Å². The van der Waals surface area contributed by atoms with Crippen LogP contribution in [-0.4, -0.2) is 26.8 Å². The highest BCUT2D eigenvalue weighted by molar-refractivity contribution is 7.92. The number of carbonyl (C=O) groups is 2. The number of nitrogens with one attached hydrogen (secondary N) is 3. The minimum atomic E-state index is -3.89. The van der Waals surface area contributed by atoms with Crippen LogP contribution in [0.2, 0.25) is 10.0 Å². The van der Waals surface area contributed by atoms with Crippen molar-refractivity contribution in [3.63, 3.8) is 0 Å². The largest absolute Gasteiger partial charge is 0.482 e. The molecule has 0 aromatic heterocycles. The first-order valence-corrected chi connectivity index (χ1v) is 11.7. The highest BCUT2D eigenvalue weighted by Crippen LogP contribution is 2.28. The molecule has 0 saturated carbocycles. The molecule has 0 bridgehead atoms. The predicted molar refractivity (Wildman–Crippen MR) is 129 cm³/mol. The Morgan fingerprint density at radius 3 is 2.00 bits per heavy atom. The summed E-state index contributed by atoms with van der Waals surface area (Å²) in [5.41, 5.74) is 1.46. The quantitative estimate of drug-likeness (QED) is 0.406. The van der Waals surface area contributed by atoms with Crippen molar-refractivity contribution in [1.82, 2.24) is 0 Å². The van der Waals surface area contributed by atoms with Gasteiger partial charge in [-0.05, 0) is 66.7 Å². The van der Waals surface area contributed by atoms with Crippen LogP contribution in [0.1, 0.15) is 6.92 Å². The molecule has 8 nitrogen and oxygen atoms in total. The van der Waals surface area contributed by atoms with Gasteiger partial charge < -0.3 is 15.4 Å². The third-order valence-corrected chi connectivity index (χ3v) is 6.08. The van der Waals surface area contributed by atoms with Crippen LogP contribution in [0.4, 0.5) is 17.1 Å². The van der Waals surface area contributed by atoms with E-state index in [9.17, 15) is 18.0 Å². The molecule has 0 radical (unpaired) electrons. The number of ether oxygens (including phenoxy) is 1. The number of hydrogen-bond donors (Lipinski definition) is 3. The molecule has 0 fully saturated rings. The smallest absolute Gasteiger partial charge is 0.262 e. The van der Waals surface area contributed by atoms with Gasteiger partial charge in [-0.1, -0.05) is 23.2 Å². The Morgan fingerprint density at radius 1 is 0.848 bits per heavy atom. The van der Waals surface area contributed by atoms with Gasteiger partial charge in [0.15, 0.2) is 6.61 Å². The fourth-order valence-electron chi connectivity index (χ4n) is 2.68. The van der Waals surface area contributed by atoms with Crippen molar-refractivity contribution in [3.05, 3.63) is 76.8 Å². The lowest BCUT2D eigenvalue weighted by molar-refractivity contribution is -0.118. The second kappa shape index (κ2) is 10.6. The van der Waals surface area contributed by atoms with Crippen molar-refractivity contribution in [2.75, 3.05) is 22.0 Å². The predicted octanol–water partition coefficient (Wildman–Crippen LogP) is 4.77. The van der Waals surface area contributed by atoms with Crippen LogP contribution in [-0.2, 0) is 19.6 Å².